The van der Waals surface area contributed by atoms with E-state index in [1.807, 2.05) is 0 Å². The Hall–Kier alpha value is -0.670. The smallest absolute Gasteiger partial charge is 0.0370 e. The van der Waals surface area contributed by atoms with Crippen molar-refractivity contribution in [2.24, 2.45) is 0 Å². The van der Waals surface area contributed by atoms with Crippen molar-refractivity contribution in [3.05, 3.63) is 29.8 Å². The topological polar surface area (TPSA) is 15.3 Å². The summed E-state index contributed by atoms with van der Waals surface area (Å²) in [6.45, 7) is 6.87. The van der Waals surface area contributed by atoms with E-state index in [-0.39, 0.29) is 0 Å². The van der Waals surface area contributed by atoms with Crippen LogP contribution in [0.3, 0.4) is 0 Å². The Bertz CT molecular complexity index is 321. The van der Waals surface area contributed by atoms with Crippen molar-refractivity contribution in [2.45, 2.75) is 6.92 Å². The molecule has 0 atom stereocenters. The fraction of sp³-hybridized carbons (Fsp3) is 0.538. The maximum Gasteiger partial charge on any atom is 0.0370 e. The maximum absolute atomic E-state index is 3.51. The van der Waals surface area contributed by atoms with Crippen LogP contribution in [0.15, 0.2) is 24.3 Å². The molecule has 1 aliphatic heterocycles. The highest BCUT2D eigenvalue weighted by molar-refractivity contribution is 7.99. The third-order valence-corrected chi connectivity index (χ3v) is 3.93. The second-order valence-electron chi connectivity index (χ2n) is 4.20. The first-order valence-corrected chi connectivity index (χ1v) is 7.11. The van der Waals surface area contributed by atoms with Crippen LogP contribution in [0.2, 0.25) is 0 Å². The van der Waals surface area contributed by atoms with Gasteiger partial charge in [0.2, 0.25) is 0 Å². The van der Waals surface area contributed by atoms with Gasteiger partial charge in [-0.3, -0.25) is 4.90 Å². The molecule has 1 aromatic rings. The van der Waals surface area contributed by atoms with Crippen molar-refractivity contribution < 1.29 is 0 Å². The van der Waals surface area contributed by atoms with Crippen molar-refractivity contribution in [3.8, 4) is 0 Å². The Morgan fingerprint density at radius 2 is 2.00 bits per heavy atom. The van der Waals surface area contributed by atoms with Gasteiger partial charge >= 0.3 is 0 Å². The Balaban J connectivity index is 1.73. The van der Waals surface area contributed by atoms with Crippen LogP contribution in [0.1, 0.15) is 5.56 Å². The summed E-state index contributed by atoms with van der Waals surface area (Å²) >= 11 is 2.07. The molecule has 0 amide bonds. The Kier molecular flexibility index (Phi) is 4.55. The summed E-state index contributed by atoms with van der Waals surface area (Å²) in [5, 5.41) is 3.51. The van der Waals surface area contributed by atoms with Gasteiger partial charge in [0.05, 0.1) is 0 Å². The van der Waals surface area contributed by atoms with Crippen LogP contribution in [0, 0.1) is 6.92 Å². The molecular formula is C13H20N2S. The standard InChI is InChI=1S/C13H20N2S/c1-12-4-2-3-5-13(12)14-6-7-15-8-10-16-11-9-15/h2-5,14H,6-11H2,1H3. The highest BCUT2D eigenvalue weighted by atomic mass is 32.2. The predicted octanol–water partition coefficient (Wildman–Crippen LogP) is 2.46. The van der Waals surface area contributed by atoms with Gasteiger partial charge in [0.25, 0.3) is 0 Å². The molecule has 0 spiro atoms. The number of hydrogen-bond acceptors (Lipinski definition) is 3. The molecule has 1 heterocycles. The molecule has 88 valence electrons. The average Bonchev–Trinajstić information content (AvgIpc) is 2.33. The molecule has 1 N–H and O–H groups in total. The van der Waals surface area contributed by atoms with E-state index in [4.69, 9.17) is 0 Å². The van der Waals surface area contributed by atoms with Gasteiger partial charge < -0.3 is 5.32 Å². The summed E-state index contributed by atoms with van der Waals surface area (Å²) in [5.41, 5.74) is 2.60. The zero-order valence-corrected chi connectivity index (χ0v) is 10.7. The van der Waals surface area contributed by atoms with Crippen molar-refractivity contribution in [2.75, 3.05) is 43.0 Å². The number of aryl methyl sites for hydroxylation is 1. The highest BCUT2D eigenvalue weighted by Gasteiger charge is 2.09. The van der Waals surface area contributed by atoms with Crippen LogP contribution < -0.4 is 5.32 Å². The van der Waals surface area contributed by atoms with E-state index < -0.39 is 0 Å². The largest absolute Gasteiger partial charge is 0.384 e. The summed E-state index contributed by atoms with van der Waals surface area (Å²) in [4.78, 5) is 2.54. The molecule has 1 aromatic carbocycles. The molecule has 3 heteroatoms. The summed E-state index contributed by atoms with van der Waals surface area (Å²) < 4.78 is 0. The number of hydrogen-bond donors (Lipinski definition) is 1. The molecule has 0 aliphatic carbocycles. The van der Waals surface area contributed by atoms with E-state index in [1.165, 1.54) is 35.8 Å². The second kappa shape index (κ2) is 6.16. The number of benzene rings is 1. The van der Waals surface area contributed by atoms with Gasteiger partial charge in [-0.2, -0.15) is 11.8 Å². The van der Waals surface area contributed by atoms with E-state index in [0.29, 0.717) is 0 Å². The number of nitrogens with one attached hydrogen (secondary N) is 1. The quantitative estimate of drug-likeness (QED) is 0.864. The molecule has 0 aromatic heterocycles. The van der Waals surface area contributed by atoms with Crippen molar-refractivity contribution in [3.63, 3.8) is 0 Å². The number of para-hydroxylation sites is 1. The summed E-state index contributed by atoms with van der Waals surface area (Å²) in [5.74, 6) is 2.59. The van der Waals surface area contributed by atoms with Crippen LogP contribution in [-0.4, -0.2) is 42.6 Å². The van der Waals surface area contributed by atoms with Crippen LogP contribution in [0.5, 0.6) is 0 Å². The van der Waals surface area contributed by atoms with Crippen LogP contribution in [0.25, 0.3) is 0 Å². The van der Waals surface area contributed by atoms with Gasteiger partial charge in [-0.15, -0.1) is 0 Å². The third kappa shape index (κ3) is 3.42. The lowest BCUT2D eigenvalue weighted by atomic mass is 10.2. The van der Waals surface area contributed by atoms with Crippen molar-refractivity contribution >= 4 is 17.4 Å². The monoisotopic (exact) mass is 236 g/mol. The molecule has 16 heavy (non-hydrogen) atoms. The fourth-order valence-electron chi connectivity index (χ4n) is 1.94. The van der Waals surface area contributed by atoms with Crippen LogP contribution >= 0.6 is 11.8 Å². The van der Waals surface area contributed by atoms with Gasteiger partial charge in [0.15, 0.2) is 0 Å². The lowest BCUT2D eigenvalue weighted by Crippen LogP contribution is -2.36. The molecule has 2 nitrogen and oxygen atoms in total. The molecule has 1 saturated heterocycles. The molecular weight excluding hydrogens is 216 g/mol. The van der Waals surface area contributed by atoms with E-state index >= 15 is 0 Å². The molecule has 0 unspecified atom stereocenters. The van der Waals surface area contributed by atoms with Crippen molar-refractivity contribution in [1.29, 1.82) is 0 Å². The number of rotatable bonds is 4. The minimum Gasteiger partial charge on any atom is -0.384 e. The lowest BCUT2D eigenvalue weighted by Gasteiger charge is -2.26. The molecule has 0 radical (unpaired) electrons. The maximum atomic E-state index is 3.51. The number of anilines is 1. The van der Waals surface area contributed by atoms with Gasteiger partial charge in [-0.1, -0.05) is 18.2 Å². The van der Waals surface area contributed by atoms with E-state index in [1.54, 1.807) is 0 Å². The fourth-order valence-corrected chi connectivity index (χ4v) is 2.92. The zero-order chi connectivity index (χ0) is 11.2. The molecule has 2 rings (SSSR count). The summed E-state index contributed by atoms with van der Waals surface area (Å²) in [6, 6.07) is 8.48. The van der Waals surface area contributed by atoms with Gasteiger partial charge in [0, 0.05) is 43.4 Å². The Morgan fingerprint density at radius 3 is 2.75 bits per heavy atom. The van der Waals surface area contributed by atoms with E-state index in [9.17, 15) is 0 Å². The minimum absolute atomic E-state index is 1.05. The SMILES string of the molecule is Cc1ccccc1NCCN1CCSCC1. The normalized spacial score (nSPS) is 17.3. The Labute approximate surface area is 102 Å². The average molecular weight is 236 g/mol. The zero-order valence-electron chi connectivity index (χ0n) is 9.91. The first-order valence-electron chi connectivity index (χ1n) is 5.96. The minimum atomic E-state index is 1.05. The van der Waals surface area contributed by atoms with E-state index in [2.05, 4.69) is 53.2 Å². The first-order chi connectivity index (χ1) is 7.86. The van der Waals surface area contributed by atoms with Gasteiger partial charge in [-0.25, -0.2) is 0 Å². The van der Waals surface area contributed by atoms with Crippen LogP contribution in [0.4, 0.5) is 5.69 Å². The number of nitrogens with zero attached hydrogens (tertiary/aromatic N) is 1. The lowest BCUT2D eigenvalue weighted by molar-refractivity contribution is 0.314. The Morgan fingerprint density at radius 1 is 1.25 bits per heavy atom. The van der Waals surface area contributed by atoms with Crippen LogP contribution in [-0.2, 0) is 0 Å². The first kappa shape index (κ1) is 11.8. The molecule has 1 aliphatic rings. The number of thioether (sulfide) groups is 1. The summed E-state index contributed by atoms with van der Waals surface area (Å²) in [7, 11) is 0. The van der Waals surface area contributed by atoms with Gasteiger partial charge in [0.1, 0.15) is 0 Å². The molecule has 0 bridgehead atoms. The van der Waals surface area contributed by atoms with Crippen molar-refractivity contribution in [1.82, 2.24) is 4.90 Å². The van der Waals surface area contributed by atoms with E-state index in [0.717, 1.165) is 13.1 Å². The highest BCUT2D eigenvalue weighted by Crippen LogP contribution is 2.13. The second-order valence-corrected chi connectivity index (χ2v) is 5.42. The molecule has 1 fully saturated rings. The summed E-state index contributed by atoms with van der Waals surface area (Å²) in [6.07, 6.45) is 0. The third-order valence-electron chi connectivity index (χ3n) is 2.99. The van der Waals surface area contributed by atoms with Gasteiger partial charge in [-0.05, 0) is 18.6 Å². The predicted molar refractivity (Wildman–Crippen MR) is 73.4 cm³/mol. The molecule has 0 saturated carbocycles.